The minimum atomic E-state index is -0.0220. The summed E-state index contributed by atoms with van der Waals surface area (Å²) in [6, 6.07) is 44.9. The number of unbranched alkanes of at least 4 members (excludes halogenated alkanes) is 32. The topological polar surface area (TPSA) is 81.2 Å². The van der Waals surface area contributed by atoms with Gasteiger partial charge in [0.2, 0.25) is 6.41 Å². The fraction of sp³-hybridized carbons (Fsp3) is 0.556. The zero-order valence-corrected chi connectivity index (χ0v) is 91.5. The largest absolute Gasteiger partial charge is 0.313 e. The van der Waals surface area contributed by atoms with Gasteiger partial charge in [-0.15, -0.1) is 113 Å². The molecular weight excluding hydrogens is 1850 g/mol. The van der Waals surface area contributed by atoms with Crippen molar-refractivity contribution in [2.45, 2.75) is 371 Å². The molecule has 730 valence electrons. The number of hydrogen-bond acceptors (Lipinski definition) is 14. The summed E-state index contributed by atoms with van der Waals surface area (Å²) in [6.07, 6.45) is 57.6. The van der Waals surface area contributed by atoms with Crippen molar-refractivity contribution in [2.24, 2.45) is 23.7 Å². The van der Waals surface area contributed by atoms with E-state index in [9.17, 15) is 4.79 Å². The summed E-state index contributed by atoms with van der Waals surface area (Å²) in [7, 11) is 0. The lowest BCUT2D eigenvalue weighted by Crippen LogP contribution is -2.34. The molecule has 8 nitrogen and oxygen atoms in total. The fourth-order valence-electron chi connectivity index (χ4n) is 20.6. The van der Waals surface area contributed by atoms with Gasteiger partial charge in [0.25, 0.3) is 17.7 Å². The average Bonchev–Trinajstić information content (AvgIpc) is 1.55. The zero-order valence-electron chi connectivity index (χ0n) is 83.4. The molecule has 13 rings (SSSR count). The first-order valence-electron chi connectivity index (χ1n) is 53.3. The van der Waals surface area contributed by atoms with Crippen LogP contribution < -0.4 is 0 Å². The number of fused-ring (bicyclic) bond motifs is 1. The van der Waals surface area contributed by atoms with E-state index in [1.807, 2.05) is 50.2 Å². The fourth-order valence-corrected chi connectivity index (χ4v) is 31.1. The molecule has 0 fully saturated rings. The van der Waals surface area contributed by atoms with Gasteiger partial charge in [0.15, 0.2) is 0 Å². The predicted octanol–water partition coefficient (Wildman–Crippen LogP) is 39.6. The number of carbonyl (C=O) groups excluding carboxylic acids is 4. The molecule has 0 N–H and O–H groups in total. The van der Waals surface area contributed by atoms with Crippen molar-refractivity contribution < 1.29 is 19.2 Å². The quantitative estimate of drug-likeness (QED) is 0.0216. The minimum absolute atomic E-state index is 0.00256. The van der Waals surface area contributed by atoms with E-state index in [4.69, 9.17) is 0 Å². The third-order valence-electron chi connectivity index (χ3n) is 28.3. The monoisotopic (exact) mass is 2000 g/mol. The van der Waals surface area contributed by atoms with Crippen molar-refractivity contribution in [1.29, 1.82) is 0 Å². The van der Waals surface area contributed by atoms with Gasteiger partial charge in [0, 0.05) is 94.5 Å². The highest BCUT2D eigenvalue weighted by molar-refractivity contribution is 7.29. The second-order valence-electron chi connectivity index (χ2n) is 39.0. The molecule has 3 aliphatic heterocycles. The summed E-state index contributed by atoms with van der Waals surface area (Å²) in [6.45, 7) is 22.9. The van der Waals surface area contributed by atoms with Crippen LogP contribution in [-0.4, -0.2) is 69.9 Å². The van der Waals surface area contributed by atoms with Gasteiger partial charge in [-0.1, -0.05) is 324 Å². The van der Waals surface area contributed by atoms with Crippen LogP contribution in [0.3, 0.4) is 0 Å². The Morgan fingerprint density at radius 2 is 0.511 bits per heavy atom. The zero-order chi connectivity index (χ0) is 94.5. The summed E-state index contributed by atoms with van der Waals surface area (Å²) >= 11 is 17.9. The van der Waals surface area contributed by atoms with E-state index in [0.717, 1.165) is 177 Å². The molecule has 0 spiro atoms. The molecule has 0 bridgehead atoms. The second kappa shape index (κ2) is 57.1. The molecule has 135 heavy (non-hydrogen) atoms. The van der Waals surface area contributed by atoms with Crippen LogP contribution in [0.5, 0.6) is 0 Å². The summed E-state index contributed by atoms with van der Waals surface area (Å²) in [5, 5.41) is 4.31. The third kappa shape index (κ3) is 29.5. The van der Waals surface area contributed by atoms with Crippen LogP contribution >= 0.6 is 113 Å². The highest BCUT2D eigenvalue weighted by atomic mass is 32.1. The van der Waals surface area contributed by atoms with Crippen LogP contribution in [0.4, 0.5) is 0 Å². The van der Waals surface area contributed by atoms with Crippen LogP contribution in [0.15, 0.2) is 154 Å². The van der Waals surface area contributed by atoms with Gasteiger partial charge in [-0.3, -0.25) is 19.2 Å². The van der Waals surface area contributed by atoms with Gasteiger partial charge >= 0.3 is 0 Å². The van der Waals surface area contributed by atoms with Crippen molar-refractivity contribution >= 4 is 160 Å². The molecule has 0 aliphatic carbocycles. The van der Waals surface area contributed by atoms with E-state index < -0.39 is 0 Å². The Hall–Kier alpha value is -6.16. The number of amides is 4. The Bertz CT molecular complexity index is 5340. The third-order valence-corrected chi connectivity index (χ3v) is 40.1. The van der Waals surface area contributed by atoms with E-state index >= 15 is 14.4 Å². The van der Waals surface area contributed by atoms with Gasteiger partial charge in [0.05, 0.1) is 59.0 Å². The standard InChI is InChI=1S/C117H158N4O4S10/c1-10-18-26-34-38-46-53-86(52-42-30-22-14-5)80-118(84-122)112(105-75-71-100(133-105)98-68-66-96(130-98)94-64-62-92(128-94)90-60-50-78-126-90)108-85(9)111(119(115(108)123)81-87(54-43-31-23-15-6)57-47-39-35-27-19-11-2)104-74-70-102(132-104)103-73-77-107(135-103)114-110-109(116(124)121(114)83-89(56-45-33-25-17-8)59-49-41-37-29-21-13-4)113(120(117(110)125)82-88(55-44-32-24-16-7)58-48-40-36-28-20-12-3)106-76-72-101(134-106)99-69-67-97(131-99)95-65-63-93(129-95)91-61-51-79-127-91/h50-51,60-79,84,86-89H,10-49,52-59,80-83H2,1-9H3/b112-108+. The Balaban J connectivity index is 0.942. The first-order chi connectivity index (χ1) is 66.3. The minimum Gasteiger partial charge on any atom is -0.313 e. The second-order valence-corrected chi connectivity index (χ2v) is 49.6. The van der Waals surface area contributed by atoms with Crippen molar-refractivity contribution in [2.75, 3.05) is 26.2 Å². The SMILES string of the molecule is CCCCCCCCC(CCCCCC)CN1C(=O)C2=C(c3ccc(-c4ccc(-c5ccc(-c6cccs6)s5)s4)s3)N(CC(CCCCCC)CCCCCCCC)C(=O)C2=C1c1ccc(-c2ccc(C3=C(C)/C(=C(/c4ccc(-c5ccc(-c6ccc(-c7cccs7)s6)s5)s4)N(C=O)CC(CCCCCC)CCCCCCCC)C(=O)N3CC(CCCCCC)CCCCCCCC)s2)s1. The smallest absolute Gasteiger partial charge is 0.261 e. The number of thiophene rings is 10. The van der Waals surface area contributed by atoms with Crippen molar-refractivity contribution in [3.63, 3.8) is 0 Å². The molecule has 3 aliphatic rings. The Morgan fingerprint density at radius 3 is 0.800 bits per heavy atom. The highest BCUT2D eigenvalue weighted by Gasteiger charge is 2.51. The molecule has 0 saturated carbocycles. The molecule has 4 amide bonds. The molecule has 18 heteroatoms. The van der Waals surface area contributed by atoms with Crippen LogP contribution in [0.2, 0.25) is 0 Å². The maximum absolute atomic E-state index is 17.1. The molecule has 0 radical (unpaired) electrons. The molecule has 4 atom stereocenters. The molecular formula is C117H158N4O4S10. The van der Waals surface area contributed by atoms with Gasteiger partial charge < -0.3 is 19.6 Å². The average molecular weight is 2010 g/mol. The van der Waals surface area contributed by atoms with E-state index in [1.54, 1.807) is 68.0 Å². The predicted molar refractivity (Wildman–Crippen MR) is 598 cm³/mol. The van der Waals surface area contributed by atoms with Gasteiger partial charge in [0.1, 0.15) is 0 Å². The lowest BCUT2D eigenvalue weighted by Gasteiger charge is -2.29. The van der Waals surface area contributed by atoms with E-state index in [2.05, 4.69) is 209 Å². The van der Waals surface area contributed by atoms with Crippen LogP contribution in [0, 0.1) is 23.7 Å². The van der Waals surface area contributed by atoms with Gasteiger partial charge in [-0.2, -0.15) is 0 Å². The summed E-state index contributed by atoms with van der Waals surface area (Å²) in [4.78, 5) is 95.2. The lowest BCUT2D eigenvalue weighted by molar-refractivity contribution is -0.124. The number of hydrogen-bond donors (Lipinski definition) is 0. The first-order valence-corrected chi connectivity index (χ1v) is 61.6. The van der Waals surface area contributed by atoms with E-state index in [-0.39, 0.29) is 41.4 Å². The molecule has 10 aromatic rings. The van der Waals surface area contributed by atoms with Crippen molar-refractivity contribution in [1.82, 2.24) is 19.6 Å². The Kier molecular flexibility index (Phi) is 44.9. The molecule has 4 unspecified atom stereocenters. The van der Waals surface area contributed by atoms with Crippen molar-refractivity contribution in [3.8, 4) is 68.3 Å². The number of nitrogens with zero attached hydrogens (tertiary/aromatic N) is 4. The Morgan fingerprint density at radius 1 is 0.274 bits per heavy atom. The van der Waals surface area contributed by atoms with Gasteiger partial charge in [-0.05, 0) is 207 Å². The van der Waals surface area contributed by atoms with Gasteiger partial charge in [-0.25, -0.2) is 0 Å². The highest BCUT2D eigenvalue weighted by Crippen LogP contribution is 2.55. The number of carbonyl (C=O) groups is 4. The van der Waals surface area contributed by atoms with E-state index in [1.165, 1.54) is 254 Å². The number of rotatable bonds is 69. The Labute approximate surface area is 853 Å². The van der Waals surface area contributed by atoms with Crippen LogP contribution in [-0.2, 0) is 19.2 Å². The van der Waals surface area contributed by atoms with Crippen molar-refractivity contribution in [3.05, 3.63) is 174 Å². The molecule has 10 aromatic heterocycles. The normalized spacial score (nSPS) is 15.0. The van der Waals surface area contributed by atoms with E-state index in [0.29, 0.717) is 42.9 Å². The molecule has 0 aromatic carbocycles. The maximum Gasteiger partial charge on any atom is 0.261 e. The summed E-state index contributed by atoms with van der Waals surface area (Å²) in [5.74, 6) is 1.08. The van der Waals surface area contributed by atoms with Crippen LogP contribution in [0.25, 0.3) is 91.1 Å². The summed E-state index contributed by atoms with van der Waals surface area (Å²) < 4.78 is 0. The maximum atomic E-state index is 17.1. The summed E-state index contributed by atoms with van der Waals surface area (Å²) in [5.41, 5.74) is 6.09. The first kappa shape index (κ1) is 106. The van der Waals surface area contributed by atoms with Crippen LogP contribution in [0.1, 0.15) is 390 Å². The molecule has 0 saturated heterocycles. The molecule has 13 heterocycles. The lowest BCUT2D eigenvalue weighted by atomic mass is 9.93.